The van der Waals surface area contributed by atoms with Gasteiger partial charge < -0.3 is 10.2 Å². The van der Waals surface area contributed by atoms with Gasteiger partial charge in [-0.25, -0.2) is 0 Å². The third kappa shape index (κ3) is 3.31. The maximum Gasteiger partial charge on any atom is 0.0820 e. The molecule has 0 heterocycles. The van der Waals surface area contributed by atoms with E-state index in [1.807, 2.05) is 24.3 Å². The second-order valence-electron chi connectivity index (χ2n) is 10.1. The number of allylic oxidation sites excluding steroid dienone is 4. The van der Waals surface area contributed by atoms with Crippen LogP contribution in [0.3, 0.4) is 0 Å². The first-order valence-corrected chi connectivity index (χ1v) is 9.37. The molecule has 0 aromatic carbocycles. The first kappa shape index (κ1) is 20.2. The Hall–Kier alpha value is -1.12. The molecule has 140 valence electrons. The summed E-state index contributed by atoms with van der Waals surface area (Å²) < 4.78 is 0. The highest BCUT2D eigenvalue weighted by molar-refractivity contribution is 5.36. The molecule has 4 unspecified atom stereocenters. The molecule has 2 aliphatic rings. The molecule has 2 heteroatoms. The zero-order chi connectivity index (χ0) is 19.3. The van der Waals surface area contributed by atoms with Gasteiger partial charge in [-0.15, -0.1) is 0 Å². The molecule has 2 aliphatic carbocycles. The molecule has 0 bridgehead atoms. The predicted molar refractivity (Wildman–Crippen MR) is 106 cm³/mol. The van der Waals surface area contributed by atoms with E-state index in [0.717, 1.165) is 0 Å². The van der Waals surface area contributed by atoms with Crippen molar-refractivity contribution < 1.29 is 10.2 Å². The summed E-state index contributed by atoms with van der Waals surface area (Å²) in [4.78, 5) is 0. The topological polar surface area (TPSA) is 40.5 Å². The molecule has 0 saturated carbocycles. The monoisotopic (exact) mass is 344 g/mol. The molecule has 0 spiro atoms. The van der Waals surface area contributed by atoms with Gasteiger partial charge in [0.15, 0.2) is 0 Å². The lowest BCUT2D eigenvalue weighted by atomic mass is 9.49. The van der Waals surface area contributed by atoms with E-state index in [1.54, 1.807) is 0 Å². The smallest absolute Gasteiger partial charge is 0.0820 e. The van der Waals surface area contributed by atoms with Gasteiger partial charge in [-0.3, -0.25) is 0 Å². The maximum absolute atomic E-state index is 11.1. The van der Waals surface area contributed by atoms with Gasteiger partial charge in [0.2, 0.25) is 0 Å². The molecular weight excluding hydrogens is 308 g/mol. The van der Waals surface area contributed by atoms with Crippen molar-refractivity contribution in [1.82, 2.24) is 0 Å². The van der Waals surface area contributed by atoms with Crippen LogP contribution in [0.1, 0.15) is 61.8 Å². The molecule has 0 fully saturated rings. The number of aliphatic hydroxyl groups excluding tert-OH is 2. The van der Waals surface area contributed by atoms with Gasteiger partial charge in [0.05, 0.1) is 12.2 Å². The van der Waals surface area contributed by atoms with Crippen LogP contribution in [0.5, 0.6) is 0 Å². The van der Waals surface area contributed by atoms with Crippen molar-refractivity contribution >= 4 is 0 Å². The summed E-state index contributed by atoms with van der Waals surface area (Å²) in [7, 11) is 0. The third-order valence-electron chi connectivity index (χ3n) is 6.49. The highest BCUT2D eigenvalue weighted by Crippen LogP contribution is 2.59. The molecule has 2 N–H and O–H groups in total. The minimum absolute atomic E-state index is 0.153. The number of aliphatic hydroxyl groups is 2. The Morgan fingerprint density at radius 2 is 1.08 bits per heavy atom. The quantitative estimate of drug-likeness (QED) is 0.723. The SMILES string of the molecule is CC1=CC(CC2(C(C)(C)C)C=C(C)C=CC2O)(C(C)(C)C)C(O)C=C1. The van der Waals surface area contributed by atoms with Gasteiger partial charge in [0.1, 0.15) is 0 Å². The van der Waals surface area contributed by atoms with Crippen molar-refractivity contribution in [3.63, 3.8) is 0 Å². The average Bonchev–Trinajstić information content (AvgIpc) is 2.44. The minimum Gasteiger partial charge on any atom is -0.388 e. The average molecular weight is 345 g/mol. The molecule has 0 saturated heterocycles. The van der Waals surface area contributed by atoms with Crippen LogP contribution in [0.25, 0.3) is 0 Å². The normalized spacial score (nSPS) is 36.2. The Balaban J connectivity index is 2.68. The van der Waals surface area contributed by atoms with E-state index in [0.29, 0.717) is 6.42 Å². The van der Waals surface area contributed by atoms with Gasteiger partial charge in [-0.2, -0.15) is 0 Å². The predicted octanol–water partition coefficient (Wildman–Crippen LogP) is 5.20. The van der Waals surface area contributed by atoms with Crippen molar-refractivity contribution in [2.45, 2.75) is 74.0 Å². The number of rotatable bonds is 2. The highest BCUT2D eigenvalue weighted by atomic mass is 16.3. The van der Waals surface area contributed by atoms with E-state index in [9.17, 15) is 10.2 Å². The van der Waals surface area contributed by atoms with Crippen LogP contribution in [0.2, 0.25) is 0 Å². The zero-order valence-electron chi connectivity index (χ0n) is 17.2. The molecule has 0 amide bonds. The fourth-order valence-corrected chi connectivity index (χ4v) is 4.55. The van der Waals surface area contributed by atoms with E-state index in [1.165, 1.54) is 11.1 Å². The Labute approximate surface area is 154 Å². The van der Waals surface area contributed by atoms with Crippen molar-refractivity contribution in [2.75, 3.05) is 0 Å². The van der Waals surface area contributed by atoms with Crippen LogP contribution in [0.4, 0.5) is 0 Å². The Morgan fingerprint density at radius 1 is 0.760 bits per heavy atom. The Morgan fingerprint density at radius 3 is 1.36 bits per heavy atom. The first-order valence-electron chi connectivity index (χ1n) is 9.37. The van der Waals surface area contributed by atoms with Crippen molar-refractivity contribution in [1.29, 1.82) is 0 Å². The Bertz CT molecular complexity index is 580. The summed E-state index contributed by atoms with van der Waals surface area (Å²) in [6.45, 7) is 17.3. The second-order valence-corrected chi connectivity index (χ2v) is 10.1. The summed E-state index contributed by atoms with van der Waals surface area (Å²) in [6.07, 6.45) is 11.9. The molecule has 2 nitrogen and oxygen atoms in total. The molecule has 0 radical (unpaired) electrons. The van der Waals surface area contributed by atoms with Crippen LogP contribution < -0.4 is 0 Å². The van der Waals surface area contributed by atoms with Crippen LogP contribution >= 0.6 is 0 Å². The lowest BCUT2D eigenvalue weighted by Gasteiger charge is -2.56. The standard InChI is InChI=1S/C23H36O2/c1-16-9-11-18(24)22(13-16,20(3,4)5)15-23(21(6,7)8)14-17(2)10-12-19(23)25/h9-14,18-19,24-25H,15H2,1-8H3. The van der Waals surface area contributed by atoms with E-state index in [4.69, 9.17) is 0 Å². The first-order chi connectivity index (χ1) is 11.3. The van der Waals surface area contributed by atoms with Crippen LogP contribution in [0.15, 0.2) is 47.6 Å². The molecule has 25 heavy (non-hydrogen) atoms. The highest BCUT2D eigenvalue weighted by Gasteiger charge is 2.56. The molecule has 0 aromatic rings. The van der Waals surface area contributed by atoms with E-state index in [2.05, 4.69) is 67.5 Å². The maximum atomic E-state index is 11.1. The van der Waals surface area contributed by atoms with Gasteiger partial charge in [-0.1, -0.05) is 89.1 Å². The van der Waals surface area contributed by atoms with E-state index in [-0.39, 0.29) is 10.8 Å². The van der Waals surface area contributed by atoms with Gasteiger partial charge in [-0.05, 0) is 31.1 Å². The summed E-state index contributed by atoms with van der Waals surface area (Å²) in [5.41, 5.74) is 1.15. The van der Waals surface area contributed by atoms with E-state index >= 15 is 0 Å². The fraction of sp³-hybridized carbons (Fsp3) is 0.652. The van der Waals surface area contributed by atoms with Crippen molar-refractivity contribution in [3.8, 4) is 0 Å². The lowest BCUT2D eigenvalue weighted by Crippen LogP contribution is -2.54. The molecule has 2 rings (SSSR count). The molecule has 4 atom stereocenters. The fourth-order valence-electron chi connectivity index (χ4n) is 4.55. The van der Waals surface area contributed by atoms with Gasteiger partial charge in [0, 0.05) is 10.8 Å². The van der Waals surface area contributed by atoms with Crippen molar-refractivity contribution in [2.24, 2.45) is 21.7 Å². The van der Waals surface area contributed by atoms with Crippen LogP contribution in [0, 0.1) is 21.7 Å². The molecule has 0 aromatic heterocycles. The molecule has 0 aliphatic heterocycles. The second kappa shape index (κ2) is 6.25. The Kier molecular flexibility index (Phi) is 5.04. The summed E-state index contributed by atoms with van der Waals surface area (Å²) in [5.74, 6) is 0. The minimum atomic E-state index is -0.567. The number of hydrogen-bond donors (Lipinski definition) is 2. The third-order valence-corrected chi connectivity index (χ3v) is 6.49. The van der Waals surface area contributed by atoms with Gasteiger partial charge in [0.25, 0.3) is 0 Å². The van der Waals surface area contributed by atoms with Crippen molar-refractivity contribution in [3.05, 3.63) is 47.6 Å². The van der Waals surface area contributed by atoms with Gasteiger partial charge >= 0.3 is 0 Å². The van der Waals surface area contributed by atoms with Crippen LogP contribution in [-0.2, 0) is 0 Å². The van der Waals surface area contributed by atoms with Crippen LogP contribution in [-0.4, -0.2) is 22.4 Å². The lowest BCUT2D eigenvalue weighted by molar-refractivity contribution is -0.0803. The zero-order valence-corrected chi connectivity index (χ0v) is 17.2. The molecular formula is C23H36O2. The summed E-state index contributed by atoms with van der Waals surface area (Å²) in [6, 6.07) is 0. The van der Waals surface area contributed by atoms with E-state index < -0.39 is 23.0 Å². The largest absolute Gasteiger partial charge is 0.388 e. The summed E-state index contributed by atoms with van der Waals surface area (Å²) in [5, 5.41) is 22.2. The number of hydrogen-bond acceptors (Lipinski definition) is 2. The summed E-state index contributed by atoms with van der Waals surface area (Å²) >= 11 is 0.